The van der Waals surface area contributed by atoms with Crippen LogP contribution in [0.15, 0.2) is 54.6 Å². The quantitative estimate of drug-likeness (QED) is 0.648. The molecule has 4 nitrogen and oxygen atoms in total. The van der Waals surface area contributed by atoms with Gasteiger partial charge in [-0.25, -0.2) is 0 Å². The predicted molar refractivity (Wildman–Crippen MR) is 123 cm³/mol. The van der Waals surface area contributed by atoms with Gasteiger partial charge in [0, 0.05) is 49.4 Å². The lowest BCUT2D eigenvalue weighted by molar-refractivity contribution is -0.108. The number of thioether (sulfide) groups is 1. The van der Waals surface area contributed by atoms with E-state index in [9.17, 15) is 9.90 Å². The Bertz CT molecular complexity index is 792. The van der Waals surface area contributed by atoms with E-state index in [0.717, 1.165) is 42.9 Å². The van der Waals surface area contributed by atoms with Crippen LogP contribution in [0.4, 0.5) is 0 Å². The molecule has 1 N–H and O–H groups in total. The van der Waals surface area contributed by atoms with Gasteiger partial charge in [0.2, 0.25) is 0 Å². The molecule has 5 heteroatoms. The minimum Gasteiger partial charge on any atom is -0.391 e. The molecule has 1 saturated carbocycles. The van der Waals surface area contributed by atoms with Crippen LogP contribution in [-0.4, -0.2) is 59.1 Å². The Kier molecular flexibility index (Phi) is 7.61. The lowest BCUT2D eigenvalue weighted by Crippen LogP contribution is -2.49. The van der Waals surface area contributed by atoms with Crippen molar-refractivity contribution in [3.63, 3.8) is 0 Å². The first-order valence-electron chi connectivity index (χ1n) is 11.0. The number of aliphatic hydroxyl groups is 1. The molecule has 4 atom stereocenters. The lowest BCUT2D eigenvalue weighted by Gasteiger charge is -2.37. The van der Waals surface area contributed by atoms with Crippen LogP contribution in [0, 0.1) is 5.92 Å². The first kappa shape index (κ1) is 21.6. The summed E-state index contributed by atoms with van der Waals surface area (Å²) in [5.41, 5.74) is 3.54. The van der Waals surface area contributed by atoms with Gasteiger partial charge in [-0.3, -0.25) is 4.90 Å². The zero-order chi connectivity index (χ0) is 20.8. The highest BCUT2D eigenvalue weighted by atomic mass is 32.2. The number of carbonyl (C=O) groups excluding carboxylic acids is 1. The summed E-state index contributed by atoms with van der Waals surface area (Å²) in [7, 11) is 0. The maximum absolute atomic E-state index is 11.0. The van der Waals surface area contributed by atoms with E-state index in [0.29, 0.717) is 19.4 Å². The fraction of sp³-hybridized carbons (Fsp3) is 0.480. The maximum atomic E-state index is 11.0. The van der Waals surface area contributed by atoms with Gasteiger partial charge in [0.15, 0.2) is 0 Å². The molecule has 4 rings (SSSR count). The molecule has 2 aromatic rings. The molecule has 1 heterocycles. The Hall–Kier alpha value is -1.66. The zero-order valence-corrected chi connectivity index (χ0v) is 18.2. The number of aliphatic hydroxyl groups excluding tert-OH is 1. The zero-order valence-electron chi connectivity index (χ0n) is 17.4. The standard InChI is InChI=1S/C25H31NO3S/c27-14-4-7-22-24(17-23(28)25(22)26-12-15-30-16-13-26)29-18-19-8-10-21(11-9-19)20-5-2-1-3-6-20/h1-3,5-6,8-11,14,22-25,28H,4,7,12-13,15-18H2/t22-,23+,24-,25+/m1/s1. The molecule has 0 amide bonds. The molecule has 1 aliphatic heterocycles. The third-order valence-electron chi connectivity index (χ3n) is 6.39. The smallest absolute Gasteiger partial charge is 0.120 e. The van der Waals surface area contributed by atoms with Crippen molar-refractivity contribution in [1.82, 2.24) is 4.90 Å². The van der Waals surface area contributed by atoms with Gasteiger partial charge in [-0.2, -0.15) is 11.8 Å². The van der Waals surface area contributed by atoms with Crippen LogP contribution in [0.3, 0.4) is 0 Å². The number of rotatable bonds is 8. The second-order valence-corrected chi connectivity index (χ2v) is 9.49. The summed E-state index contributed by atoms with van der Waals surface area (Å²) < 4.78 is 6.33. The molecule has 160 valence electrons. The summed E-state index contributed by atoms with van der Waals surface area (Å²) in [4.78, 5) is 13.5. The Morgan fingerprint density at radius 3 is 2.43 bits per heavy atom. The van der Waals surface area contributed by atoms with Crippen LogP contribution in [0.25, 0.3) is 11.1 Å². The van der Waals surface area contributed by atoms with Crippen LogP contribution in [0.5, 0.6) is 0 Å². The van der Waals surface area contributed by atoms with Gasteiger partial charge >= 0.3 is 0 Å². The largest absolute Gasteiger partial charge is 0.391 e. The fourth-order valence-electron chi connectivity index (χ4n) is 4.88. The number of nitrogens with zero attached hydrogens (tertiary/aromatic N) is 1. The van der Waals surface area contributed by atoms with Crippen LogP contribution < -0.4 is 0 Å². The molecular weight excluding hydrogens is 394 g/mol. The van der Waals surface area contributed by atoms with E-state index < -0.39 is 0 Å². The van der Waals surface area contributed by atoms with Gasteiger partial charge in [0.25, 0.3) is 0 Å². The van der Waals surface area contributed by atoms with Gasteiger partial charge in [0.05, 0.1) is 18.8 Å². The van der Waals surface area contributed by atoms with Gasteiger partial charge < -0.3 is 14.6 Å². The molecule has 1 aliphatic carbocycles. The van der Waals surface area contributed by atoms with Gasteiger partial charge in [0.1, 0.15) is 6.29 Å². The molecule has 0 unspecified atom stereocenters. The molecule has 0 radical (unpaired) electrons. The van der Waals surface area contributed by atoms with E-state index in [1.165, 1.54) is 11.1 Å². The monoisotopic (exact) mass is 425 g/mol. The third kappa shape index (κ3) is 5.14. The Morgan fingerprint density at radius 2 is 1.73 bits per heavy atom. The van der Waals surface area contributed by atoms with Crippen molar-refractivity contribution in [2.75, 3.05) is 24.6 Å². The third-order valence-corrected chi connectivity index (χ3v) is 7.34. The highest BCUT2D eigenvalue weighted by molar-refractivity contribution is 7.99. The SMILES string of the molecule is O=CCC[C@H]1[C@H](N2CCSCC2)[C@@H](O)C[C@H]1OCc1ccc(-c2ccccc2)cc1. The van der Waals surface area contributed by atoms with E-state index in [1.807, 2.05) is 17.8 Å². The van der Waals surface area contributed by atoms with Crippen molar-refractivity contribution in [3.05, 3.63) is 60.2 Å². The summed E-state index contributed by atoms with van der Waals surface area (Å²) in [6, 6.07) is 19.0. The minimum atomic E-state index is -0.379. The summed E-state index contributed by atoms with van der Waals surface area (Å²) in [5.74, 6) is 2.43. The number of aldehydes is 1. The number of carbonyl (C=O) groups is 1. The van der Waals surface area contributed by atoms with Crippen LogP contribution in [0.1, 0.15) is 24.8 Å². The van der Waals surface area contributed by atoms with E-state index in [2.05, 4.69) is 53.4 Å². The van der Waals surface area contributed by atoms with E-state index in [4.69, 9.17) is 4.74 Å². The topological polar surface area (TPSA) is 49.8 Å². The summed E-state index contributed by atoms with van der Waals surface area (Å²) in [5, 5.41) is 10.8. The molecule has 2 fully saturated rings. The molecule has 0 aromatic heterocycles. The van der Waals surface area contributed by atoms with Crippen LogP contribution >= 0.6 is 11.8 Å². The highest BCUT2D eigenvalue weighted by Gasteiger charge is 2.45. The average Bonchev–Trinajstić information content (AvgIpc) is 3.12. The minimum absolute atomic E-state index is 0.00618. The maximum Gasteiger partial charge on any atom is 0.120 e. The lowest BCUT2D eigenvalue weighted by atomic mass is 9.94. The van der Waals surface area contributed by atoms with Crippen LogP contribution in [0.2, 0.25) is 0 Å². The molecule has 2 aromatic carbocycles. The Balaban J connectivity index is 1.40. The van der Waals surface area contributed by atoms with Crippen molar-refractivity contribution in [3.8, 4) is 11.1 Å². The van der Waals surface area contributed by atoms with Crippen molar-refractivity contribution >= 4 is 18.0 Å². The number of ether oxygens (including phenoxy) is 1. The number of hydrogen-bond acceptors (Lipinski definition) is 5. The molecule has 0 bridgehead atoms. The summed E-state index contributed by atoms with van der Waals surface area (Å²) >= 11 is 1.97. The Labute approximate surface area is 183 Å². The normalized spacial score (nSPS) is 27.2. The first-order chi connectivity index (χ1) is 14.8. The van der Waals surface area contributed by atoms with Crippen LogP contribution in [-0.2, 0) is 16.1 Å². The summed E-state index contributed by atoms with van der Waals surface area (Å²) in [6.45, 7) is 2.56. The van der Waals surface area contributed by atoms with Crippen molar-refractivity contribution in [2.45, 2.75) is 44.1 Å². The fourth-order valence-corrected chi connectivity index (χ4v) is 5.81. The Morgan fingerprint density at radius 1 is 1.03 bits per heavy atom. The molecule has 1 saturated heterocycles. The molecule has 0 spiro atoms. The second kappa shape index (κ2) is 10.6. The second-order valence-electron chi connectivity index (χ2n) is 8.26. The van der Waals surface area contributed by atoms with Gasteiger partial charge in [-0.15, -0.1) is 0 Å². The summed E-state index contributed by atoms with van der Waals surface area (Å²) in [6.07, 6.45) is 2.57. The molecular formula is C25H31NO3S. The van der Waals surface area contributed by atoms with E-state index in [-0.39, 0.29) is 24.2 Å². The van der Waals surface area contributed by atoms with Gasteiger partial charge in [-0.05, 0) is 23.1 Å². The molecule has 2 aliphatic rings. The van der Waals surface area contributed by atoms with Crippen molar-refractivity contribution in [2.24, 2.45) is 5.92 Å². The van der Waals surface area contributed by atoms with Crippen molar-refractivity contribution < 1.29 is 14.6 Å². The highest BCUT2D eigenvalue weighted by Crippen LogP contribution is 2.37. The number of benzene rings is 2. The van der Waals surface area contributed by atoms with Gasteiger partial charge in [-0.1, -0.05) is 54.6 Å². The van der Waals surface area contributed by atoms with E-state index >= 15 is 0 Å². The molecule has 30 heavy (non-hydrogen) atoms. The average molecular weight is 426 g/mol. The van der Waals surface area contributed by atoms with Crippen molar-refractivity contribution in [1.29, 1.82) is 0 Å². The first-order valence-corrected chi connectivity index (χ1v) is 12.1. The predicted octanol–water partition coefficient (Wildman–Crippen LogP) is 4.02. The van der Waals surface area contributed by atoms with E-state index in [1.54, 1.807) is 0 Å². The number of hydrogen-bond donors (Lipinski definition) is 1.